The van der Waals surface area contributed by atoms with Crippen LogP contribution in [0.1, 0.15) is 27.7 Å². The molecule has 21 heavy (non-hydrogen) atoms. The number of nitrogens with one attached hydrogen (secondary N) is 1. The van der Waals surface area contributed by atoms with Gasteiger partial charge in [-0.05, 0) is 30.7 Å². The molecule has 0 spiro atoms. The van der Waals surface area contributed by atoms with Crippen molar-refractivity contribution in [2.45, 2.75) is 32.6 Å². The largest absolute Gasteiger partial charge is 0.493 e. The Hall–Kier alpha value is -1.07. The number of hydrogen-bond acceptors (Lipinski definition) is 4. The van der Waals surface area contributed by atoms with Crippen LogP contribution >= 0.6 is 0 Å². The van der Waals surface area contributed by atoms with Gasteiger partial charge in [0.2, 0.25) is 0 Å². The number of ether oxygens (including phenoxy) is 1. The lowest BCUT2D eigenvalue weighted by molar-refractivity contribution is 0.175. The molecule has 1 aromatic carbocycles. The maximum absolute atomic E-state index is 11.5. The molecule has 0 amide bonds. The lowest BCUT2D eigenvalue weighted by Gasteiger charge is -2.25. The summed E-state index contributed by atoms with van der Waals surface area (Å²) in [6.07, 6.45) is 1.20. The van der Waals surface area contributed by atoms with E-state index >= 15 is 0 Å². The third-order valence-electron chi connectivity index (χ3n) is 3.02. The molecule has 1 aromatic rings. The van der Waals surface area contributed by atoms with Crippen LogP contribution in [0, 0.1) is 11.3 Å². The quantitative estimate of drug-likeness (QED) is 0.802. The Bertz CT molecular complexity index is 550. The molecule has 0 atom stereocenters. The zero-order chi connectivity index (χ0) is 16.1. The molecule has 0 saturated carbocycles. The minimum absolute atomic E-state index is 0.0179. The first-order valence-corrected chi connectivity index (χ1v) is 9.13. The van der Waals surface area contributed by atoms with Gasteiger partial charge in [-0.3, -0.25) is 0 Å². The molecular formula is C16H27NO3S. The van der Waals surface area contributed by atoms with Crippen molar-refractivity contribution >= 4 is 9.84 Å². The van der Waals surface area contributed by atoms with Gasteiger partial charge in [0.1, 0.15) is 5.75 Å². The molecule has 0 radical (unpaired) electrons. The van der Waals surface area contributed by atoms with E-state index in [1.54, 1.807) is 24.3 Å². The van der Waals surface area contributed by atoms with Crippen LogP contribution in [0.25, 0.3) is 0 Å². The van der Waals surface area contributed by atoms with E-state index in [-0.39, 0.29) is 10.3 Å². The van der Waals surface area contributed by atoms with E-state index in [9.17, 15) is 8.42 Å². The maximum atomic E-state index is 11.5. The normalized spacial score (nSPS) is 12.7. The van der Waals surface area contributed by atoms with Gasteiger partial charge in [-0.1, -0.05) is 33.8 Å². The molecule has 1 rings (SSSR count). The second-order valence-corrected chi connectivity index (χ2v) is 8.74. The molecule has 0 aromatic heterocycles. The van der Waals surface area contributed by atoms with E-state index in [1.165, 1.54) is 6.26 Å². The van der Waals surface area contributed by atoms with Crippen molar-refractivity contribution < 1.29 is 13.2 Å². The predicted molar refractivity (Wildman–Crippen MR) is 86.5 cm³/mol. The monoisotopic (exact) mass is 313 g/mol. The SMILES string of the molecule is CC(C)CNCC(C)(C)COc1cccc(S(C)(=O)=O)c1. The average Bonchev–Trinajstić information content (AvgIpc) is 2.35. The van der Waals surface area contributed by atoms with E-state index in [2.05, 4.69) is 33.0 Å². The number of sulfone groups is 1. The fourth-order valence-corrected chi connectivity index (χ4v) is 2.48. The Morgan fingerprint density at radius 3 is 2.52 bits per heavy atom. The van der Waals surface area contributed by atoms with Crippen LogP contribution in [0.2, 0.25) is 0 Å². The minimum Gasteiger partial charge on any atom is -0.493 e. The smallest absolute Gasteiger partial charge is 0.175 e. The molecule has 0 bridgehead atoms. The van der Waals surface area contributed by atoms with Crippen LogP contribution in [0.5, 0.6) is 5.75 Å². The van der Waals surface area contributed by atoms with Crippen LogP contribution < -0.4 is 10.1 Å². The lowest BCUT2D eigenvalue weighted by Crippen LogP contribution is -2.35. The van der Waals surface area contributed by atoms with Gasteiger partial charge in [-0.25, -0.2) is 8.42 Å². The van der Waals surface area contributed by atoms with E-state index in [0.29, 0.717) is 18.3 Å². The van der Waals surface area contributed by atoms with Crippen molar-refractivity contribution in [3.05, 3.63) is 24.3 Å². The van der Waals surface area contributed by atoms with Crippen molar-refractivity contribution in [2.75, 3.05) is 26.0 Å². The molecule has 4 nitrogen and oxygen atoms in total. The summed E-state index contributed by atoms with van der Waals surface area (Å²) in [4.78, 5) is 0.288. The maximum Gasteiger partial charge on any atom is 0.175 e. The van der Waals surface area contributed by atoms with E-state index in [0.717, 1.165) is 13.1 Å². The molecule has 0 saturated heterocycles. The highest BCUT2D eigenvalue weighted by Crippen LogP contribution is 2.21. The van der Waals surface area contributed by atoms with Gasteiger partial charge in [-0.2, -0.15) is 0 Å². The molecular weight excluding hydrogens is 286 g/mol. The van der Waals surface area contributed by atoms with Gasteiger partial charge >= 0.3 is 0 Å². The highest BCUT2D eigenvalue weighted by molar-refractivity contribution is 7.90. The zero-order valence-electron chi connectivity index (χ0n) is 13.6. The Labute approximate surface area is 128 Å². The Morgan fingerprint density at radius 2 is 1.95 bits per heavy atom. The van der Waals surface area contributed by atoms with Crippen LogP contribution in [0.3, 0.4) is 0 Å². The van der Waals surface area contributed by atoms with Gasteiger partial charge in [0.15, 0.2) is 9.84 Å². The number of hydrogen-bond donors (Lipinski definition) is 1. The summed E-state index contributed by atoms with van der Waals surface area (Å²) in [6, 6.07) is 6.65. The highest BCUT2D eigenvalue weighted by atomic mass is 32.2. The standard InChI is InChI=1S/C16H27NO3S/c1-13(2)10-17-11-16(3,4)12-20-14-7-6-8-15(9-14)21(5,18)19/h6-9,13,17H,10-12H2,1-5H3. The summed E-state index contributed by atoms with van der Waals surface area (Å²) in [5.74, 6) is 1.21. The van der Waals surface area contributed by atoms with E-state index in [4.69, 9.17) is 4.74 Å². The first-order chi connectivity index (χ1) is 9.60. The average molecular weight is 313 g/mol. The van der Waals surface area contributed by atoms with E-state index in [1.807, 2.05) is 0 Å². The molecule has 0 aliphatic heterocycles. The molecule has 0 aliphatic carbocycles. The summed E-state index contributed by atoms with van der Waals surface area (Å²) in [7, 11) is -3.20. The fraction of sp³-hybridized carbons (Fsp3) is 0.625. The van der Waals surface area contributed by atoms with Gasteiger partial charge in [0.25, 0.3) is 0 Å². The molecule has 0 unspecified atom stereocenters. The molecule has 5 heteroatoms. The van der Waals surface area contributed by atoms with Crippen molar-refractivity contribution in [3.8, 4) is 5.75 Å². The molecule has 0 heterocycles. The molecule has 120 valence electrons. The van der Waals surface area contributed by atoms with Gasteiger partial charge < -0.3 is 10.1 Å². The van der Waals surface area contributed by atoms with Gasteiger partial charge in [-0.15, -0.1) is 0 Å². The second-order valence-electron chi connectivity index (χ2n) is 6.72. The van der Waals surface area contributed by atoms with Crippen LogP contribution in [-0.4, -0.2) is 34.4 Å². The van der Waals surface area contributed by atoms with Crippen molar-refractivity contribution in [3.63, 3.8) is 0 Å². The zero-order valence-corrected chi connectivity index (χ0v) is 14.5. The third-order valence-corrected chi connectivity index (χ3v) is 4.13. The van der Waals surface area contributed by atoms with E-state index < -0.39 is 9.84 Å². The minimum atomic E-state index is -3.20. The van der Waals surface area contributed by atoms with Crippen molar-refractivity contribution in [1.29, 1.82) is 0 Å². The van der Waals surface area contributed by atoms with Gasteiger partial charge in [0.05, 0.1) is 11.5 Å². The van der Waals surface area contributed by atoms with Gasteiger partial charge in [0, 0.05) is 18.2 Å². The molecule has 0 aliphatic rings. The first-order valence-electron chi connectivity index (χ1n) is 7.24. The number of benzene rings is 1. The number of rotatable bonds is 8. The van der Waals surface area contributed by atoms with Crippen molar-refractivity contribution in [2.24, 2.45) is 11.3 Å². The third kappa shape index (κ3) is 6.96. The van der Waals surface area contributed by atoms with Crippen LogP contribution in [-0.2, 0) is 9.84 Å². The molecule has 0 fully saturated rings. The van der Waals surface area contributed by atoms with Crippen LogP contribution in [0.15, 0.2) is 29.2 Å². The first kappa shape index (κ1) is 18.0. The summed E-state index contributed by atoms with van der Waals surface area (Å²) in [5, 5.41) is 3.42. The molecule has 1 N–H and O–H groups in total. The summed E-state index contributed by atoms with van der Waals surface area (Å²) in [5.41, 5.74) is -0.0179. The predicted octanol–water partition coefficient (Wildman–Crippen LogP) is 2.74. The summed E-state index contributed by atoms with van der Waals surface area (Å²) >= 11 is 0. The summed E-state index contributed by atoms with van der Waals surface area (Å²) in [6.45, 7) is 11.0. The Morgan fingerprint density at radius 1 is 1.29 bits per heavy atom. The van der Waals surface area contributed by atoms with Crippen LogP contribution in [0.4, 0.5) is 0 Å². The second kappa shape index (κ2) is 7.27. The highest BCUT2D eigenvalue weighted by Gasteiger charge is 2.19. The fourth-order valence-electron chi connectivity index (χ4n) is 1.82. The lowest BCUT2D eigenvalue weighted by atomic mass is 9.94. The Balaban J connectivity index is 2.58. The Kier molecular flexibility index (Phi) is 6.23. The topological polar surface area (TPSA) is 55.4 Å². The summed E-state index contributed by atoms with van der Waals surface area (Å²) < 4.78 is 28.8. The van der Waals surface area contributed by atoms with Crippen molar-refractivity contribution in [1.82, 2.24) is 5.32 Å².